The summed E-state index contributed by atoms with van der Waals surface area (Å²) in [7, 11) is 0. The van der Waals surface area contributed by atoms with Crippen LogP contribution in [0.1, 0.15) is 41.8 Å². The van der Waals surface area contributed by atoms with E-state index in [4.69, 9.17) is 9.72 Å². The second-order valence-corrected chi connectivity index (χ2v) is 9.21. The molecule has 0 aliphatic carbocycles. The van der Waals surface area contributed by atoms with Crippen molar-refractivity contribution in [3.8, 4) is 5.75 Å². The first-order valence-electron chi connectivity index (χ1n) is 12.1. The Labute approximate surface area is 201 Å². The number of benzene rings is 3. The van der Waals surface area contributed by atoms with Gasteiger partial charge in [-0.25, -0.2) is 4.98 Å². The molecule has 1 aliphatic rings. The highest BCUT2D eigenvalue weighted by atomic mass is 16.5. The maximum atomic E-state index is 13.0. The highest BCUT2D eigenvalue weighted by molar-refractivity contribution is 5.96. The summed E-state index contributed by atoms with van der Waals surface area (Å²) in [5.41, 5.74) is 6.67. The number of aryl methyl sites for hydroxylation is 3. The van der Waals surface area contributed by atoms with Gasteiger partial charge >= 0.3 is 0 Å². The summed E-state index contributed by atoms with van der Waals surface area (Å²) in [4.78, 5) is 19.8. The fraction of sp³-hybridized carbons (Fsp3) is 0.310. The summed E-state index contributed by atoms with van der Waals surface area (Å²) in [6.45, 7) is 8.17. The van der Waals surface area contributed by atoms with Crippen LogP contribution in [0.3, 0.4) is 0 Å². The SMILES string of the molecule is CCc1ccc(N2CC(c3nc4ccccc4n3CCOc3cc(C)cc(C)c3)CC2=O)cc1. The van der Waals surface area contributed by atoms with Crippen molar-refractivity contribution in [2.75, 3.05) is 18.1 Å². The molecule has 5 nitrogen and oxygen atoms in total. The van der Waals surface area contributed by atoms with Crippen molar-refractivity contribution in [2.24, 2.45) is 0 Å². The van der Waals surface area contributed by atoms with Crippen LogP contribution in [-0.2, 0) is 17.8 Å². The molecule has 0 saturated carbocycles. The molecule has 174 valence electrons. The first-order valence-corrected chi connectivity index (χ1v) is 12.1. The standard InChI is InChI=1S/C29H31N3O2/c1-4-22-9-11-24(12-10-22)32-19-23(18-28(32)33)29-30-26-7-5-6-8-27(26)31(29)13-14-34-25-16-20(2)15-21(3)17-25/h5-12,15-17,23H,4,13-14,18-19H2,1-3H3. The van der Waals surface area contributed by atoms with Crippen LogP contribution in [0.4, 0.5) is 5.69 Å². The first-order chi connectivity index (χ1) is 16.5. The van der Waals surface area contributed by atoms with E-state index < -0.39 is 0 Å². The lowest BCUT2D eigenvalue weighted by Crippen LogP contribution is -2.24. The van der Waals surface area contributed by atoms with Gasteiger partial charge in [0.15, 0.2) is 0 Å². The minimum atomic E-state index is 0.0481. The van der Waals surface area contributed by atoms with E-state index in [1.165, 1.54) is 16.7 Å². The number of hydrogen-bond acceptors (Lipinski definition) is 3. The summed E-state index contributed by atoms with van der Waals surface area (Å²) < 4.78 is 8.35. The van der Waals surface area contributed by atoms with Gasteiger partial charge in [0, 0.05) is 24.6 Å². The van der Waals surface area contributed by atoms with E-state index in [1.54, 1.807) is 0 Å². The highest BCUT2D eigenvalue weighted by Crippen LogP contribution is 2.33. The molecule has 0 bridgehead atoms. The van der Waals surface area contributed by atoms with Gasteiger partial charge in [-0.1, -0.05) is 37.3 Å². The Morgan fingerprint density at radius 1 is 1.00 bits per heavy atom. The quantitative estimate of drug-likeness (QED) is 0.354. The fourth-order valence-corrected chi connectivity index (χ4v) is 4.95. The van der Waals surface area contributed by atoms with Crippen LogP contribution in [0, 0.1) is 13.8 Å². The lowest BCUT2D eigenvalue weighted by atomic mass is 10.1. The predicted octanol–water partition coefficient (Wildman–Crippen LogP) is 5.82. The van der Waals surface area contributed by atoms with Gasteiger partial charge in [-0.2, -0.15) is 0 Å². The molecule has 4 aromatic rings. The lowest BCUT2D eigenvalue weighted by molar-refractivity contribution is -0.117. The first kappa shape index (κ1) is 22.2. The number of nitrogens with zero attached hydrogens (tertiary/aromatic N) is 3. The number of ether oxygens (including phenoxy) is 1. The van der Waals surface area contributed by atoms with Crippen molar-refractivity contribution >= 4 is 22.6 Å². The smallest absolute Gasteiger partial charge is 0.227 e. The van der Waals surface area contributed by atoms with Gasteiger partial charge in [0.05, 0.1) is 17.6 Å². The number of rotatable bonds is 7. The number of amides is 1. The number of carbonyl (C=O) groups is 1. The Hall–Kier alpha value is -3.60. The van der Waals surface area contributed by atoms with Crippen molar-refractivity contribution in [3.05, 3.63) is 89.2 Å². The molecule has 2 heterocycles. The summed E-state index contributed by atoms with van der Waals surface area (Å²) in [5, 5.41) is 0. The van der Waals surface area contributed by atoms with E-state index in [0.29, 0.717) is 26.1 Å². The second kappa shape index (κ2) is 9.34. The monoisotopic (exact) mass is 453 g/mol. The zero-order valence-corrected chi connectivity index (χ0v) is 20.1. The average molecular weight is 454 g/mol. The van der Waals surface area contributed by atoms with E-state index in [1.807, 2.05) is 23.1 Å². The Morgan fingerprint density at radius 2 is 1.74 bits per heavy atom. The highest BCUT2D eigenvalue weighted by Gasteiger charge is 2.34. The molecular weight excluding hydrogens is 422 g/mol. The number of anilines is 1. The van der Waals surface area contributed by atoms with Crippen molar-refractivity contribution in [1.82, 2.24) is 9.55 Å². The van der Waals surface area contributed by atoms with Gasteiger partial charge in [-0.3, -0.25) is 4.79 Å². The normalized spacial score (nSPS) is 15.9. The molecule has 1 aliphatic heterocycles. The summed E-state index contributed by atoms with van der Waals surface area (Å²) in [6, 6.07) is 22.8. The van der Waals surface area contributed by atoms with Crippen LogP contribution in [0.5, 0.6) is 5.75 Å². The molecule has 0 spiro atoms. The molecule has 0 N–H and O–H groups in total. The molecule has 3 aromatic carbocycles. The molecule has 1 amide bonds. The Bertz CT molecular complexity index is 1300. The molecule has 1 saturated heterocycles. The van der Waals surface area contributed by atoms with E-state index in [2.05, 4.69) is 73.9 Å². The zero-order valence-electron chi connectivity index (χ0n) is 20.1. The Balaban J connectivity index is 1.38. The zero-order chi connectivity index (χ0) is 23.7. The third-order valence-electron chi connectivity index (χ3n) is 6.61. The third kappa shape index (κ3) is 4.43. The average Bonchev–Trinajstić information content (AvgIpc) is 3.39. The molecule has 1 unspecified atom stereocenters. The van der Waals surface area contributed by atoms with E-state index in [9.17, 15) is 4.79 Å². The largest absolute Gasteiger partial charge is 0.492 e. The Morgan fingerprint density at radius 3 is 2.47 bits per heavy atom. The number of imidazole rings is 1. The van der Waals surface area contributed by atoms with Crippen molar-refractivity contribution in [1.29, 1.82) is 0 Å². The number of aromatic nitrogens is 2. The molecule has 34 heavy (non-hydrogen) atoms. The fourth-order valence-electron chi connectivity index (χ4n) is 4.95. The van der Waals surface area contributed by atoms with E-state index in [0.717, 1.165) is 34.7 Å². The van der Waals surface area contributed by atoms with E-state index in [-0.39, 0.29) is 11.8 Å². The van der Waals surface area contributed by atoms with Gasteiger partial charge < -0.3 is 14.2 Å². The maximum Gasteiger partial charge on any atom is 0.227 e. The summed E-state index contributed by atoms with van der Waals surface area (Å²) >= 11 is 0. The number of fused-ring (bicyclic) bond motifs is 1. The lowest BCUT2D eigenvalue weighted by Gasteiger charge is -2.18. The van der Waals surface area contributed by atoms with Crippen LogP contribution in [0.25, 0.3) is 11.0 Å². The Kier molecular flexibility index (Phi) is 6.10. The van der Waals surface area contributed by atoms with Gasteiger partial charge in [0.1, 0.15) is 18.2 Å². The summed E-state index contributed by atoms with van der Waals surface area (Å²) in [5.74, 6) is 2.05. The van der Waals surface area contributed by atoms with Crippen molar-refractivity contribution < 1.29 is 9.53 Å². The van der Waals surface area contributed by atoms with Gasteiger partial charge in [-0.15, -0.1) is 0 Å². The van der Waals surface area contributed by atoms with Gasteiger partial charge in [0.2, 0.25) is 5.91 Å². The molecule has 1 atom stereocenters. The minimum absolute atomic E-state index is 0.0481. The van der Waals surface area contributed by atoms with Crippen LogP contribution in [0.15, 0.2) is 66.7 Å². The molecule has 5 rings (SSSR count). The number of carbonyl (C=O) groups excluding carboxylic acids is 1. The summed E-state index contributed by atoms with van der Waals surface area (Å²) in [6.07, 6.45) is 1.46. The number of hydrogen-bond donors (Lipinski definition) is 0. The second-order valence-electron chi connectivity index (χ2n) is 9.21. The van der Waals surface area contributed by atoms with Gasteiger partial charge in [-0.05, 0) is 73.4 Å². The molecule has 1 aromatic heterocycles. The molecule has 5 heteroatoms. The molecular formula is C29H31N3O2. The molecule has 0 radical (unpaired) electrons. The number of para-hydroxylation sites is 2. The van der Waals surface area contributed by atoms with Crippen LogP contribution < -0.4 is 9.64 Å². The topological polar surface area (TPSA) is 47.4 Å². The van der Waals surface area contributed by atoms with Crippen molar-refractivity contribution in [3.63, 3.8) is 0 Å². The van der Waals surface area contributed by atoms with E-state index >= 15 is 0 Å². The molecule has 1 fully saturated rings. The third-order valence-corrected chi connectivity index (χ3v) is 6.61. The van der Waals surface area contributed by atoms with Gasteiger partial charge in [0.25, 0.3) is 0 Å². The van der Waals surface area contributed by atoms with Crippen LogP contribution in [-0.4, -0.2) is 28.6 Å². The minimum Gasteiger partial charge on any atom is -0.492 e. The van der Waals surface area contributed by atoms with Crippen molar-refractivity contribution in [2.45, 2.75) is 46.1 Å². The maximum absolute atomic E-state index is 13.0. The predicted molar refractivity (Wildman–Crippen MR) is 137 cm³/mol. The van der Waals surface area contributed by atoms with Crippen LogP contribution >= 0.6 is 0 Å². The van der Waals surface area contributed by atoms with Crippen LogP contribution in [0.2, 0.25) is 0 Å².